The van der Waals surface area contributed by atoms with Crippen molar-refractivity contribution in [2.24, 2.45) is 0 Å². The number of nitrogens with zero attached hydrogens (tertiary/aromatic N) is 2. The number of esters is 1. The van der Waals surface area contributed by atoms with E-state index in [1.807, 2.05) is 31.2 Å². The van der Waals surface area contributed by atoms with Crippen LogP contribution in [0, 0.1) is 0 Å². The van der Waals surface area contributed by atoms with E-state index in [-0.39, 0.29) is 24.5 Å². The minimum atomic E-state index is -0.397. The number of aromatic nitrogens is 2. The number of benzene rings is 1. The van der Waals surface area contributed by atoms with Gasteiger partial charge in [0.15, 0.2) is 0 Å². The predicted molar refractivity (Wildman–Crippen MR) is 87.3 cm³/mol. The summed E-state index contributed by atoms with van der Waals surface area (Å²) in [7, 11) is 1.35. The number of hydrogen-bond donors (Lipinski definition) is 1. The Morgan fingerprint density at radius 2 is 2.25 bits per heavy atom. The van der Waals surface area contributed by atoms with E-state index < -0.39 is 6.10 Å². The molecule has 0 aliphatic carbocycles. The van der Waals surface area contributed by atoms with Gasteiger partial charge in [0.25, 0.3) is 0 Å². The second-order valence-corrected chi connectivity index (χ2v) is 5.85. The Morgan fingerprint density at radius 3 is 2.96 bits per heavy atom. The topological polar surface area (TPSA) is 82.5 Å². The van der Waals surface area contributed by atoms with Crippen molar-refractivity contribution >= 4 is 22.9 Å². The van der Waals surface area contributed by atoms with Crippen molar-refractivity contribution in [3.63, 3.8) is 0 Å². The minimum Gasteiger partial charge on any atom is -0.468 e. The van der Waals surface area contributed by atoms with Gasteiger partial charge < -0.3 is 19.4 Å². The molecule has 0 spiro atoms. The van der Waals surface area contributed by atoms with Crippen LogP contribution in [0.1, 0.15) is 31.6 Å². The lowest BCUT2D eigenvalue weighted by Crippen LogP contribution is -2.37. The number of nitrogens with one attached hydrogen (secondary N) is 1. The number of methoxy groups -OCH3 is 1. The lowest BCUT2D eigenvalue weighted by atomic mass is 10.2. The van der Waals surface area contributed by atoms with Crippen molar-refractivity contribution in [2.45, 2.75) is 38.5 Å². The van der Waals surface area contributed by atoms with Crippen LogP contribution in [0.3, 0.4) is 0 Å². The van der Waals surface area contributed by atoms with Gasteiger partial charge in [-0.05, 0) is 31.9 Å². The van der Waals surface area contributed by atoms with Gasteiger partial charge in [-0.2, -0.15) is 0 Å². The maximum absolute atomic E-state index is 12.3. The van der Waals surface area contributed by atoms with E-state index >= 15 is 0 Å². The van der Waals surface area contributed by atoms with Crippen LogP contribution < -0.4 is 5.32 Å². The molecule has 1 saturated heterocycles. The predicted octanol–water partition coefficient (Wildman–Crippen LogP) is 1.57. The van der Waals surface area contributed by atoms with E-state index in [0.29, 0.717) is 12.4 Å². The highest BCUT2D eigenvalue weighted by Crippen LogP contribution is 2.22. The molecule has 1 aliphatic heterocycles. The molecule has 2 atom stereocenters. The number of hydrogen-bond acceptors (Lipinski definition) is 5. The summed E-state index contributed by atoms with van der Waals surface area (Å²) in [4.78, 5) is 28.6. The zero-order chi connectivity index (χ0) is 17.1. The molecule has 1 fully saturated rings. The van der Waals surface area contributed by atoms with Gasteiger partial charge in [-0.1, -0.05) is 12.1 Å². The summed E-state index contributed by atoms with van der Waals surface area (Å²) in [5.74, 6) is 0.113. The number of ether oxygens (including phenoxy) is 2. The molecule has 7 nitrogen and oxygen atoms in total. The van der Waals surface area contributed by atoms with Crippen molar-refractivity contribution in [3.05, 3.63) is 30.1 Å². The standard InChI is InChI=1S/C17H21N3O4/c1-11(18-17(22)14-8-5-9-24-14)16-19-12-6-3-4-7-13(12)20(16)10-15(21)23-2/h3-4,6-7,11,14H,5,8-10H2,1-2H3,(H,18,22). The van der Waals surface area contributed by atoms with Crippen LogP contribution in [0.4, 0.5) is 0 Å². The summed E-state index contributed by atoms with van der Waals surface area (Å²) in [6.45, 7) is 2.52. The molecule has 1 amide bonds. The summed E-state index contributed by atoms with van der Waals surface area (Å²) >= 11 is 0. The first kappa shape index (κ1) is 16.4. The van der Waals surface area contributed by atoms with Crippen LogP contribution >= 0.6 is 0 Å². The van der Waals surface area contributed by atoms with Gasteiger partial charge in [-0.25, -0.2) is 4.98 Å². The van der Waals surface area contributed by atoms with Gasteiger partial charge in [0, 0.05) is 6.61 Å². The van der Waals surface area contributed by atoms with Gasteiger partial charge in [0.05, 0.1) is 24.2 Å². The highest BCUT2D eigenvalue weighted by molar-refractivity contribution is 5.82. The molecule has 0 radical (unpaired) electrons. The second kappa shape index (κ2) is 7.00. The summed E-state index contributed by atoms with van der Waals surface area (Å²) in [5.41, 5.74) is 1.60. The number of fused-ring (bicyclic) bond motifs is 1. The smallest absolute Gasteiger partial charge is 0.325 e. The fourth-order valence-electron chi connectivity index (χ4n) is 2.94. The SMILES string of the molecule is COC(=O)Cn1c(C(C)NC(=O)C2CCCO2)nc2ccccc21. The Kier molecular flexibility index (Phi) is 4.80. The third-order valence-corrected chi connectivity index (χ3v) is 4.17. The molecule has 24 heavy (non-hydrogen) atoms. The van der Waals surface area contributed by atoms with Crippen LogP contribution in [0.5, 0.6) is 0 Å². The number of para-hydroxylation sites is 2. The average Bonchev–Trinajstić information content (AvgIpc) is 3.23. The number of amides is 1. The third-order valence-electron chi connectivity index (χ3n) is 4.17. The Morgan fingerprint density at radius 1 is 1.46 bits per heavy atom. The van der Waals surface area contributed by atoms with Crippen LogP contribution in [0.15, 0.2) is 24.3 Å². The van der Waals surface area contributed by atoms with Crippen LogP contribution in [-0.2, 0) is 25.6 Å². The zero-order valence-corrected chi connectivity index (χ0v) is 13.8. The van der Waals surface area contributed by atoms with Gasteiger partial charge in [0.2, 0.25) is 5.91 Å². The minimum absolute atomic E-state index is 0.0481. The van der Waals surface area contributed by atoms with E-state index in [2.05, 4.69) is 10.3 Å². The Balaban J connectivity index is 1.87. The normalized spacial score (nSPS) is 18.5. The average molecular weight is 331 g/mol. The van der Waals surface area contributed by atoms with E-state index in [0.717, 1.165) is 23.9 Å². The molecule has 2 heterocycles. The van der Waals surface area contributed by atoms with Gasteiger partial charge in [0.1, 0.15) is 18.5 Å². The molecule has 1 N–H and O–H groups in total. The van der Waals surface area contributed by atoms with Crippen molar-refractivity contribution in [1.82, 2.24) is 14.9 Å². The second-order valence-electron chi connectivity index (χ2n) is 5.85. The summed E-state index contributed by atoms with van der Waals surface area (Å²) in [5, 5.41) is 2.93. The summed E-state index contributed by atoms with van der Waals surface area (Å²) in [6, 6.07) is 7.19. The lowest BCUT2D eigenvalue weighted by molar-refractivity contribution is -0.141. The van der Waals surface area contributed by atoms with Crippen molar-refractivity contribution in [1.29, 1.82) is 0 Å². The van der Waals surface area contributed by atoms with E-state index in [1.165, 1.54) is 7.11 Å². The number of carbonyl (C=O) groups excluding carboxylic acids is 2. The van der Waals surface area contributed by atoms with Gasteiger partial charge >= 0.3 is 5.97 Å². The van der Waals surface area contributed by atoms with E-state index in [1.54, 1.807) is 4.57 Å². The van der Waals surface area contributed by atoms with Crippen LogP contribution in [-0.4, -0.2) is 41.2 Å². The fraction of sp³-hybridized carbons (Fsp3) is 0.471. The number of imidazole rings is 1. The van der Waals surface area contributed by atoms with Gasteiger partial charge in [-0.3, -0.25) is 9.59 Å². The Hall–Kier alpha value is -2.41. The summed E-state index contributed by atoms with van der Waals surface area (Å²) < 4.78 is 12.0. The maximum atomic E-state index is 12.3. The fourth-order valence-corrected chi connectivity index (χ4v) is 2.94. The van der Waals surface area contributed by atoms with E-state index in [4.69, 9.17) is 9.47 Å². The number of rotatable bonds is 5. The monoisotopic (exact) mass is 331 g/mol. The highest BCUT2D eigenvalue weighted by atomic mass is 16.5. The molecule has 0 bridgehead atoms. The van der Waals surface area contributed by atoms with Crippen molar-refractivity contribution in [2.75, 3.05) is 13.7 Å². The van der Waals surface area contributed by atoms with Crippen molar-refractivity contribution < 1.29 is 19.1 Å². The Bertz CT molecular complexity index is 749. The van der Waals surface area contributed by atoms with Crippen LogP contribution in [0.2, 0.25) is 0 Å². The molecule has 1 aromatic carbocycles. The first-order valence-electron chi connectivity index (χ1n) is 8.04. The number of carbonyl (C=O) groups is 2. The molecular formula is C17H21N3O4. The van der Waals surface area contributed by atoms with Gasteiger partial charge in [-0.15, -0.1) is 0 Å². The first-order chi connectivity index (χ1) is 11.6. The summed E-state index contributed by atoms with van der Waals surface area (Å²) in [6.07, 6.45) is 1.23. The zero-order valence-electron chi connectivity index (χ0n) is 13.8. The molecule has 2 aromatic rings. The molecule has 1 aliphatic rings. The quantitative estimate of drug-likeness (QED) is 0.841. The largest absolute Gasteiger partial charge is 0.468 e. The molecule has 2 unspecified atom stereocenters. The van der Waals surface area contributed by atoms with Crippen LogP contribution in [0.25, 0.3) is 11.0 Å². The highest BCUT2D eigenvalue weighted by Gasteiger charge is 2.27. The lowest BCUT2D eigenvalue weighted by Gasteiger charge is -2.18. The molecule has 128 valence electrons. The van der Waals surface area contributed by atoms with Crippen molar-refractivity contribution in [3.8, 4) is 0 Å². The first-order valence-corrected chi connectivity index (χ1v) is 8.04. The van der Waals surface area contributed by atoms with E-state index in [9.17, 15) is 9.59 Å². The molecule has 3 rings (SSSR count). The Labute approximate surface area is 139 Å². The maximum Gasteiger partial charge on any atom is 0.325 e. The molecular weight excluding hydrogens is 310 g/mol. The molecule has 1 aromatic heterocycles. The molecule has 0 saturated carbocycles. The third kappa shape index (κ3) is 3.26. The molecule has 7 heteroatoms.